The number of fused-ring (bicyclic) bond motifs is 3. The van der Waals surface area contributed by atoms with Crippen LogP contribution in [0.25, 0.3) is 10.2 Å². The van der Waals surface area contributed by atoms with Gasteiger partial charge in [0.25, 0.3) is 5.56 Å². The van der Waals surface area contributed by atoms with Gasteiger partial charge in [-0.25, -0.2) is 9.78 Å². The lowest BCUT2D eigenvalue weighted by Crippen LogP contribution is -2.36. The highest BCUT2D eigenvalue weighted by Crippen LogP contribution is 2.34. The van der Waals surface area contributed by atoms with Crippen LogP contribution in [-0.4, -0.2) is 40.6 Å². The first-order valence-electron chi connectivity index (χ1n) is 9.91. The molecule has 7 heteroatoms. The topological polar surface area (TPSA) is 64.4 Å². The number of esters is 1. The number of hydrogen-bond donors (Lipinski definition) is 0. The van der Waals surface area contributed by atoms with Gasteiger partial charge in [-0.3, -0.25) is 14.3 Å². The fraction of sp³-hybridized carbons (Fsp3) is 0.650. The predicted octanol–water partition coefficient (Wildman–Crippen LogP) is 3.30. The zero-order chi connectivity index (χ0) is 19.6. The zero-order valence-electron chi connectivity index (χ0n) is 16.7. The molecule has 2 aromatic heterocycles. The number of hydrogen-bond acceptors (Lipinski definition) is 6. The molecule has 0 aromatic carbocycles. The Kier molecular flexibility index (Phi) is 6.32. The lowest BCUT2D eigenvalue weighted by atomic mass is 9.97. The third-order valence-corrected chi connectivity index (χ3v) is 6.71. The number of carbonyl (C=O) groups excluding carboxylic acids is 1. The average Bonchev–Trinajstić information content (AvgIpc) is 3.06. The van der Waals surface area contributed by atoms with E-state index in [0.717, 1.165) is 48.1 Å². The van der Waals surface area contributed by atoms with Gasteiger partial charge < -0.3 is 4.74 Å². The zero-order valence-corrected chi connectivity index (χ0v) is 17.5. The summed E-state index contributed by atoms with van der Waals surface area (Å²) < 4.78 is 6.60. The maximum atomic E-state index is 13.6. The third kappa shape index (κ3) is 3.67. The normalized spacial score (nSPS) is 15.1. The molecule has 0 bridgehead atoms. The fourth-order valence-corrected chi connectivity index (χ4v) is 5.20. The van der Waals surface area contributed by atoms with Gasteiger partial charge in [-0.1, -0.05) is 20.8 Å². The molecule has 2 aromatic rings. The van der Waals surface area contributed by atoms with Crippen molar-refractivity contribution in [2.75, 3.05) is 20.2 Å². The molecule has 27 heavy (non-hydrogen) atoms. The van der Waals surface area contributed by atoms with E-state index in [0.29, 0.717) is 18.8 Å². The van der Waals surface area contributed by atoms with E-state index in [9.17, 15) is 9.59 Å². The second kappa shape index (κ2) is 8.52. The molecular formula is C20H29N3O3S. The summed E-state index contributed by atoms with van der Waals surface area (Å²) in [6.45, 7) is 8.36. The van der Waals surface area contributed by atoms with Crippen LogP contribution in [0.15, 0.2) is 4.79 Å². The monoisotopic (exact) mass is 391 g/mol. The van der Waals surface area contributed by atoms with E-state index in [1.54, 1.807) is 15.9 Å². The standard InChI is InChI=1S/C20H29N3O3S/c1-5-14(20(25)26-4)23-16(12-22(6-2)7-3)21-18-17(19(23)24)13-10-8-9-11-15(13)27-18/h14H,5-12H2,1-4H3. The SMILES string of the molecule is CCC(C(=O)OC)n1c(CN(CC)CC)nc2sc3c(c2c1=O)CCCC3. The Morgan fingerprint density at radius 3 is 2.59 bits per heavy atom. The molecule has 0 fully saturated rings. The molecular weight excluding hydrogens is 362 g/mol. The summed E-state index contributed by atoms with van der Waals surface area (Å²) in [4.78, 5) is 35.2. The molecule has 1 unspecified atom stereocenters. The highest BCUT2D eigenvalue weighted by molar-refractivity contribution is 7.18. The van der Waals surface area contributed by atoms with Gasteiger partial charge in [0.15, 0.2) is 0 Å². The molecule has 0 spiro atoms. The Morgan fingerprint density at radius 1 is 1.26 bits per heavy atom. The van der Waals surface area contributed by atoms with Crippen molar-refractivity contribution in [3.63, 3.8) is 0 Å². The minimum absolute atomic E-state index is 0.0844. The lowest BCUT2D eigenvalue weighted by molar-refractivity contribution is -0.144. The van der Waals surface area contributed by atoms with Gasteiger partial charge in [0, 0.05) is 4.88 Å². The van der Waals surface area contributed by atoms with Crippen LogP contribution < -0.4 is 5.56 Å². The number of ether oxygens (including phenoxy) is 1. The van der Waals surface area contributed by atoms with E-state index in [1.807, 2.05) is 6.92 Å². The van der Waals surface area contributed by atoms with Crippen molar-refractivity contribution in [1.29, 1.82) is 0 Å². The summed E-state index contributed by atoms with van der Waals surface area (Å²) in [5, 5.41) is 0.723. The van der Waals surface area contributed by atoms with Crippen LogP contribution in [0.2, 0.25) is 0 Å². The summed E-state index contributed by atoms with van der Waals surface area (Å²) in [6, 6.07) is -0.635. The molecule has 0 amide bonds. The third-order valence-electron chi connectivity index (χ3n) is 5.53. The largest absolute Gasteiger partial charge is 0.467 e. The number of aromatic nitrogens is 2. The highest BCUT2D eigenvalue weighted by Gasteiger charge is 2.28. The van der Waals surface area contributed by atoms with Gasteiger partial charge >= 0.3 is 5.97 Å². The summed E-state index contributed by atoms with van der Waals surface area (Å²) in [5.41, 5.74) is 1.07. The molecule has 0 saturated carbocycles. The van der Waals surface area contributed by atoms with Crippen molar-refractivity contribution >= 4 is 27.5 Å². The Balaban J connectivity index is 2.25. The van der Waals surface area contributed by atoms with E-state index in [1.165, 1.54) is 18.4 Å². The van der Waals surface area contributed by atoms with Gasteiger partial charge in [0.05, 0.1) is 19.0 Å². The molecule has 148 valence electrons. The molecule has 0 N–H and O–H groups in total. The van der Waals surface area contributed by atoms with Crippen molar-refractivity contribution in [3.05, 3.63) is 26.6 Å². The van der Waals surface area contributed by atoms with E-state index in [-0.39, 0.29) is 11.5 Å². The fourth-order valence-electron chi connectivity index (χ4n) is 3.93. The Morgan fingerprint density at radius 2 is 1.96 bits per heavy atom. The molecule has 2 heterocycles. The number of nitrogens with zero attached hydrogens (tertiary/aromatic N) is 3. The second-order valence-corrected chi connectivity index (χ2v) is 8.09. The summed E-state index contributed by atoms with van der Waals surface area (Å²) in [6.07, 6.45) is 4.72. The van der Waals surface area contributed by atoms with Crippen LogP contribution in [0.5, 0.6) is 0 Å². The van der Waals surface area contributed by atoms with Gasteiger partial charge in [-0.2, -0.15) is 0 Å². The highest BCUT2D eigenvalue weighted by atomic mass is 32.1. The summed E-state index contributed by atoms with van der Waals surface area (Å²) in [7, 11) is 1.37. The number of methoxy groups -OCH3 is 1. The summed E-state index contributed by atoms with van der Waals surface area (Å²) in [5.74, 6) is 0.276. The second-order valence-electron chi connectivity index (χ2n) is 7.00. The Bertz CT molecular complexity index is 883. The number of aryl methyl sites for hydroxylation is 2. The van der Waals surface area contributed by atoms with E-state index in [2.05, 4.69) is 18.7 Å². The molecule has 0 radical (unpaired) electrons. The van der Waals surface area contributed by atoms with E-state index in [4.69, 9.17) is 9.72 Å². The van der Waals surface area contributed by atoms with Gasteiger partial charge in [0.1, 0.15) is 16.7 Å². The summed E-state index contributed by atoms with van der Waals surface area (Å²) >= 11 is 1.65. The maximum absolute atomic E-state index is 13.6. The molecule has 1 aliphatic rings. The number of rotatable bonds is 7. The van der Waals surface area contributed by atoms with Crippen LogP contribution in [-0.2, 0) is 28.9 Å². The first kappa shape index (κ1) is 20.0. The Labute approximate surface area is 164 Å². The number of carbonyl (C=O) groups is 1. The quantitative estimate of drug-likeness (QED) is 0.678. The first-order valence-corrected chi connectivity index (χ1v) is 10.7. The first-order chi connectivity index (χ1) is 13.0. The number of thiophene rings is 1. The minimum atomic E-state index is -0.635. The van der Waals surface area contributed by atoms with E-state index >= 15 is 0 Å². The lowest BCUT2D eigenvalue weighted by Gasteiger charge is -2.24. The van der Waals surface area contributed by atoms with Crippen molar-refractivity contribution in [3.8, 4) is 0 Å². The molecule has 0 aliphatic heterocycles. The van der Waals surface area contributed by atoms with Gasteiger partial charge in [-0.15, -0.1) is 11.3 Å². The molecule has 1 atom stereocenters. The van der Waals surface area contributed by atoms with Crippen molar-refractivity contribution in [2.24, 2.45) is 0 Å². The van der Waals surface area contributed by atoms with Crippen LogP contribution >= 0.6 is 11.3 Å². The van der Waals surface area contributed by atoms with Gasteiger partial charge in [-0.05, 0) is 50.8 Å². The van der Waals surface area contributed by atoms with E-state index < -0.39 is 6.04 Å². The van der Waals surface area contributed by atoms with Crippen molar-refractivity contribution in [2.45, 2.75) is 65.5 Å². The van der Waals surface area contributed by atoms with Crippen molar-refractivity contribution < 1.29 is 9.53 Å². The smallest absolute Gasteiger partial charge is 0.329 e. The van der Waals surface area contributed by atoms with Crippen molar-refractivity contribution in [1.82, 2.24) is 14.5 Å². The molecule has 1 aliphatic carbocycles. The van der Waals surface area contributed by atoms with Crippen LogP contribution in [0.4, 0.5) is 0 Å². The Hall–Kier alpha value is -1.73. The molecule has 6 nitrogen and oxygen atoms in total. The van der Waals surface area contributed by atoms with Crippen LogP contribution in [0.3, 0.4) is 0 Å². The maximum Gasteiger partial charge on any atom is 0.329 e. The van der Waals surface area contributed by atoms with Gasteiger partial charge in [0.2, 0.25) is 0 Å². The molecule has 0 saturated heterocycles. The van der Waals surface area contributed by atoms with Crippen LogP contribution in [0.1, 0.15) is 62.3 Å². The molecule has 3 rings (SSSR count). The average molecular weight is 392 g/mol. The minimum Gasteiger partial charge on any atom is -0.467 e. The predicted molar refractivity (Wildman–Crippen MR) is 108 cm³/mol. The van der Waals surface area contributed by atoms with Crippen LogP contribution in [0, 0.1) is 0 Å².